The molecule has 0 saturated heterocycles. The smallest absolute Gasteiger partial charge is 0.151 e. The van der Waals surface area contributed by atoms with E-state index in [0.29, 0.717) is 0 Å². The van der Waals surface area contributed by atoms with Gasteiger partial charge in [0.25, 0.3) is 0 Å². The van der Waals surface area contributed by atoms with E-state index >= 15 is 0 Å². The van der Waals surface area contributed by atoms with Crippen LogP contribution in [0.1, 0.15) is 23.2 Å². The van der Waals surface area contributed by atoms with Crippen molar-refractivity contribution >= 4 is 44.1 Å². The molecule has 7 heteroatoms. The number of nitrogens with one attached hydrogen (secondary N) is 2. The van der Waals surface area contributed by atoms with Crippen LogP contribution in [0.25, 0.3) is 21.3 Å². The van der Waals surface area contributed by atoms with Gasteiger partial charge in [-0.3, -0.25) is 0 Å². The topological polar surface area (TPSA) is 92.5 Å². The van der Waals surface area contributed by atoms with Crippen molar-refractivity contribution in [2.75, 3.05) is 5.32 Å². The van der Waals surface area contributed by atoms with Gasteiger partial charge in [-0.25, -0.2) is 15.0 Å². The molecule has 0 saturated carbocycles. The molecule has 0 aliphatic rings. The SMILES string of the molecule is CC(N)C#Cc1cc2ncnc(Nc3ccc4nc(Cc5ccccc5)[nH]c4c3)c2s1. The molecule has 0 bridgehead atoms. The van der Waals surface area contributed by atoms with Gasteiger partial charge in [0.05, 0.1) is 32.2 Å². The summed E-state index contributed by atoms with van der Waals surface area (Å²) in [6, 6.07) is 18.2. The van der Waals surface area contributed by atoms with Crippen LogP contribution in [-0.4, -0.2) is 26.0 Å². The Morgan fingerprint density at radius 3 is 2.81 bits per heavy atom. The lowest BCUT2D eigenvalue weighted by Gasteiger charge is -2.05. The average molecular weight is 425 g/mol. The molecule has 31 heavy (non-hydrogen) atoms. The molecule has 5 rings (SSSR count). The zero-order chi connectivity index (χ0) is 21.2. The average Bonchev–Trinajstić information content (AvgIpc) is 3.36. The molecule has 0 aliphatic carbocycles. The first-order valence-corrected chi connectivity index (χ1v) is 10.8. The molecule has 1 unspecified atom stereocenters. The fourth-order valence-electron chi connectivity index (χ4n) is 3.34. The van der Waals surface area contributed by atoms with Crippen LogP contribution in [0.4, 0.5) is 11.5 Å². The van der Waals surface area contributed by atoms with E-state index in [9.17, 15) is 0 Å². The summed E-state index contributed by atoms with van der Waals surface area (Å²) in [6.45, 7) is 1.87. The van der Waals surface area contributed by atoms with Crippen LogP contribution < -0.4 is 11.1 Å². The maximum Gasteiger partial charge on any atom is 0.151 e. The van der Waals surface area contributed by atoms with Crippen molar-refractivity contribution in [3.8, 4) is 11.8 Å². The summed E-state index contributed by atoms with van der Waals surface area (Å²) in [5.41, 5.74) is 10.7. The minimum atomic E-state index is -0.165. The molecule has 0 fully saturated rings. The lowest BCUT2D eigenvalue weighted by molar-refractivity contribution is 0.959. The van der Waals surface area contributed by atoms with Gasteiger partial charge in [0.1, 0.15) is 12.2 Å². The van der Waals surface area contributed by atoms with Gasteiger partial charge >= 0.3 is 0 Å². The van der Waals surface area contributed by atoms with Crippen molar-refractivity contribution in [2.24, 2.45) is 5.73 Å². The van der Waals surface area contributed by atoms with Gasteiger partial charge < -0.3 is 16.0 Å². The van der Waals surface area contributed by atoms with Crippen LogP contribution in [0.5, 0.6) is 0 Å². The number of fused-ring (bicyclic) bond motifs is 2. The third-order valence-corrected chi connectivity index (χ3v) is 5.79. The first-order valence-electron chi connectivity index (χ1n) is 9.95. The summed E-state index contributed by atoms with van der Waals surface area (Å²) in [5, 5.41) is 3.41. The Morgan fingerprint density at radius 2 is 1.97 bits per heavy atom. The Kier molecular flexibility index (Phi) is 5.08. The highest BCUT2D eigenvalue weighted by molar-refractivity contribution is 7.20. The summed E-state index contributed by atoms with van der Waals surface area (Å²) in [7, 11) is 0. The Morgan fingerprint density at radius 1 is 1.10 bits per heavy atom. The highest BCUT2D eigenvalue weighted by Gasteiger charge is 2.10. The van der Waals surface area contributed by atoms with Crippen LogP contribution in [0.2, 0.25) is 0 Å². The highest BCUT2D eigenvalue weighted by Crippen LogP contribution is 2.31. The molecule has 0 aliphatic heterocycles. The number of thiophene rings is 1. The summed E-state index contributed by atoms with van der Waals surface area (Å²) in [5.74, 6) is 7.80. The molecule has 0 amide bonds. The number of aromatic amines is 1. The van der Waals surface area contributed by atoms with Crippen LogP contribution in [-0.2, 0) is 6.42 Å². The Labute approximate surface area is 183 Å². The number of nitrogens with two attached hydrogens (primary N) is 1. The number of anilines is 2. The molecule has 5 aromatic rings. The van der Waals surface area contributed by atoms with Crippen molar-refractivity contribution < 1.29 is 0 Å². The molecule has 3 aromatic heterocycles. The van der Waals surface area contributed by atoms with E-state index in [1.54, 1.807) is 17.7 Å². The van der Waals surface area contributed by atoms with Crippen molar-refractivity contribution in [3.05, 3.63) is 77.2 Å². The van der Waals surface area contributed by atoms with E-state index in [1.807, 2.05) is 43.3 Å². The van der Waals surface area contributed by atoms with E-state index in [-0.39, 0.29) is 6.04 Å². The van der Waals surface area contributed by atoms with E-state index in [0.717, 1.165) is 49.9 Å². The number of hydrogen-bond acceptors (Lipinski definition) is 6. The summed E-state index contributed by atoms with van der Waals surface area (Å²) >= 11 is 1.56. The van der Waals surface area contributed by atoms with Crippen LogP contribution >= 0.6 is 11.3 Å². The highest BCUT2D eigenvalue weighted by atomic mass is 32.1. The summed E-state index contributed by atoms with van der Waals surface area (Å²) in [6.07, 6.45) is 2.33. The third kappa shape index (κ3) is 4.26. The Bertz CT molecular complexity index is 1420. The second-order valence-electron chi connectivity index (χ2n) is 7.31. The van der Waals surface area contributed by atoms with Gasteiger partial charge in [-0.1, -0.05) is 42.2 Å². The predicted octanol–water partition coefficient (Wildman–Crippen LogP) is 4.60. The Balaban J connectivity index is 1.42. The lowest BCUT2D eigenvalue weighted by atomic mass is 10.1. The molecule has 0 radical (unpaired) electrons. The van der Waals surface area contributed by atoms with Crippen LogP contribution in [0.15, 0.2) is 60.9 Å². The molecule has 6 nitrogen and oxygen atoms in total. The normalized spacial score (nSPS) is 11.9. The molecular weight excluding hydrogens is 404 g/mol. The third-order valence-electron chi connectivity index (χ3n) is 4.74. The maximum absolute atomic E-state index is 5.74. The largest absolute Gasteiger partial charge is 0.342 e. The molecule has 152 valence electrons. The Hall–Kier alpha value is -3.73. The van der Waals surface area contributed by atoms with Crippen LogP contribution in [0.3, 0.4) is 0 Å². The number of aromatic nitrogens is 4. The van der Waals surface area contributed by atoms with Gasteiger partial charge in [-0.05, 0) is 36.8 Å². The molecule has 3 heterocycles. The van der Waals surface area contributed by atoms with Crippen molar-refractivity contribution in [1.29, 1.82) is 0 Å². The lowest BCUT2D eigenvalue weighted by Crippen LogP contribution is -2.10. The van der Waals surface area contributed by atoms with Gasteiger partial charge in [0.2, 0.25) is 0 Å². The minimum Gasteiger partial charge on any atom is -0.342 e. The zero-order valence-electron chi connectivity index (χ0n) is 16.9. The molecule has 2 aromatic carbocycles. The fraction of sp³-hybridized carbons (Fsp3) is 0.125. The number of H-pyrrole nitrogens is 1. The predicted molar refractivity (Wildman–Crippen MR) is 127 cm³/mol. The second-order valence-corrected chi connectivity index (χ2v) is 8.36. The number of imidazole rings is 1. The number of benzene rings is 2. The summed E-state index contributed by atoms with van der Waals surface area (Å²) in [4.78, 5) is 17.9. The number of rotatable bonds is 4. The van der Waals surface area contributed by atoms with E-state index in [2.05, 4.69) is 50.3 Å². The number of hydrogen-bond donors (Lipinski definition) is 3. The number of nitrogens with zero attached hydrogens (tertiary/aromatic N) is 3. The van der Waals surface area contributed by atoms with Gasteiger partial charge in [-0.15, -0.1) is 11.3 Å². The first kappa shape index (κ1) is 19.2. The van der Waals surface area contributed by atoms with E-state index in [4.69, 9.17) is 10.7 Å². The van der Waals surface area contributed by atoms with E-state index < -0.39 is 0 Å². The minimum absolute atomic E-state index is 0.165. The molecular formula is C24H20N6S. The molecule has 1 atom stereocenters. The summed E-state index contributed by atoms with van der Waals surface area (Å²) < 4.78 is 0.964. The standard InChI is InChI=1S/C24H20N6S/c1-15(25)7-9-18-13-21-23(31-18)24(27-14-26-21)28-17-8-10-19-20(12-17)30-22(29-19)11-16-5-3-2-4-6-16/h2-6,8,10,12-15H,11,25H2,1H3,(H,29,30)(H,26,27,28). The van der Waals surface area contributed by atoms with E-state index in [1.165, 1.54) is 5.56 Å². The van der Waals surface area contributed by atoms with Crippen LogP contribution in [0, 0.1) is 11.8 Å². The monoisotopic (exact) mass is 424 g/mol. The zero-order valence-corrected chi connectivity index (χ0v) is 17.7. The van der Waals surface area contributed by atoms with Crippen molar-refractivity contribution in [2.45, 2.75) is 19.4 Å². The van der Waals surface area contributed by atoms with Crippen molar-refractivity contribution in [1.82, 2.24) is 19.9 Å². The van der Waals surface area contributed by atoms with Gasteiger partial charge in [0, 0.05) is 12.1 Å². The quantitative estimate of drug-likeness (QED) is 0.367. The molecule has 4 N–H and O–H groups in total. The van der Waals surface area contributed by atoms with Gasteiger partial charge in [-0.2, -0.15) is 0 Å². The van der Waals surface area contributed by atoms with Crippen molar-refractivity contribution in [3.63, 3.8) is 0 Å². The van der Waals surface area contributed by atoms with Gasteiger partial charge in [0.15, 0.2) is 5.82 Å². The maximum atomic E-state index is 5.74. The first-order chi connectivity index (χ1) is 15.1. The molecule has 0 spiro atoms. The fourth-order valence-corrected chi connectivity index (χ4v) is 4.26. The second kappa shape index (κ2) is 8.19.